The van der Waals surface area contributed by atoms with Crippen LogP contribution in [0, 0.1) is 6.92 Å². The number of hydrogen-bond donors (Lipinski definition) is 0. The second-order valence-corrected chi connectivity index (χ2v) is 3.42. The highest BCUT2D eigenvalue weighted by Gasteiger charge is 2.07. The molecule has 0 aliphatic carbocycles. The zero-order chi connectivity index (χ0) is 11.0. The van der Waals surface area contributed by atoms with E-state index in [-0.39, 0.29) is 0 Å². The van der Waals surface area contributed by atoms with Gasteiger partial charge in [0.2, 0.25) is 0 Å². The zero-order valence-electron chi connectivity index (χ0n) is 8.70. The van der Waals surface area contributed by atoms with Crippen LogP contribution in [0.1, 0.15) is 5.82 Å². The second-order valence-electron chi connectivity index (χ2n) is 3.42. The standard InChI is InChI=1S/C11H9N5/c1-8-12-5-6-16(8)11-9-3-2-4-13-10(9)14-7-15-11/h2-7H,1H3. The lowest BCUT2D eigenvalue weighted by molar-refractivity contribution is 0.933. The van der Waals surface area contributed by atoms with Crippen molar-refractivity contribution in [3.05, 3.63) is 42.9 Å². The van der Waals surface area contributed by atoms with Crippen molar-refractivity contribution < 1.29 is 0 Å². The molecule has 78 valence electrons. The average molecular weight is 211 g/mol. The molecular formula is C11H9N5. The molecule has 5 nitrogen and oxygen atoms in total. The minimum absolute atomic E-state index is 0.695. The molecule has 3 aromatic heterocycles. The summed E-state index contributed by atoms with van der Waals surface area (Å²) < 4.78 is 1.92. The Morgan fingerprint density at radius 3 is 2.81 bits per heavy atom. The molecule has 0 spiro atoms. The van der Waals surface area contributed by atoms with Crippen molar-refractivity contribution in [3.8, 4) is 5.82 Å². The number of rotatable bonds is 1. The van der Waals surface area contributed by atoms with Crippen LogP contribution in [0.15, 0.2) is 37.1 Å². The van der Waals surface area contributed by atoms with Gasteiger partial charge in [-0.1, -0.05) is 0 Å². The molecule has 0 radical (unpaired) electrons. The monoisotopic (exact) mass is 211 g/mol. The molecule has 0 unspecified atom stereocenters. The van der Waals surface area contributed by atoms with E-state index in [0.29, 0.717) is 5.65 Å². The van der Waals surface area contributed by atoms with Gasteiger partial charge in [-0.2, -0.15) is 0 Å². The van der Waals surface area contributed by atoms with Gasteiger partial charge >= 0.3 is 0 Å². The third kappa shape index (κ3) is 1.25. The van der Waals surface area contributed by atoms with Gasteiger partial charge < -0.3 is 0 Å². The molecule has 0 fully saturated rings. The number of fused-ring (bicyclic) bond motifs is 1. The maximum absolute atomic E-state index is 4.28. The van der Waals surface area contributed by atoms with E-state index in [2.05, 4.69) is 19.9 Å². The molecule has 5 heteroatoms. The summed E-state index contributed by atoms with van der Waals surface area (Å²) in [7, 11) is 0. The molecule has 0 aromatic carbocycles. The summed E-state index contributed by atoms with van der Waals surface area (Å²) in [6.07, 6.45) is 6.87. The van der Waals surface area contributed by atoms with E-state index in [9.17, 15) is 0 Å². The van der Waals surface area contributed by atoms with Crippen LogP contribution >= 0.6 is 0 Å². The highest BCUT2D eigenvalue weighted by molar-refractivity contribution is 5.81. The first-order chi connectivity index (χ1) is 7.86. The van der Waals surface area contributed by atoms with Crippen LogP contribution < -0.4 is 0 Å². The van der Waals surface area contributed by atoms with E-state index in [1.165, 1.54) is 6.33 Å². The second kappa shape index (κ2) is 3.37. The largest absolute Gasteiger partial charge is 0.287 e. The zero-order valence-corrected chi connectivity index (χ0v) is 8.70. The van der Waals surface area contributed by atoms with Crippen molar-refractivity contribution in [2.24, 2.45) is 0 Å². The molecule has 0 aliphatic rings. The molecule has 0 saturated heterocycles. The van der Waals surface area contributed by atoms with Crippen LogP contribution in [0.2, 0.25) is 0 Å². The Labute approximate surface area is 91.8 Å². The lowest BCUT2D eigenvalue weighted by Gasteiger charge is -2.06. The Balaban J connectivity index is 2.36. The Kier molecular flexibility index (Phi) is 1.89. The molecular weight excluding hydrogens is 202 g/mol. The fraction of sp³-hybridized carbons (Fsp3) is 0.0909. The number of aryl methyl sites for hydroxylation is 1. The summed E-state index contributed by atoms with van der Waals surface area (Å²) in [4.78, 5) is 16.8. The van der Waals surface area contributed by atoms with Gasteiger partial charge in [-0.25, -0.2) is 19.9 Å². The topological polar surface area (TPSA) is 56.5 Å². The number of pyridine rings is 1. The van der Waals surface area contributed by atoms with E-state index in [0.717, 1.165) is 17.0 Å². The van der Waals surface area contributed by atoms with Crippen molar-refractivity contribution in [2.45, 2.75) is 6.92 Å². The fourth-order valence-electron chi connectivity index (χ4n) is 1.68. The Morgan fingerprint density at radius 2 is 2.00 bits per heavy atom. The van der Waals surface area contributed by atoms with Gasteiger partial charge in [-0.05, 0) is 19.1 Å². The van der Waals surface area contributed by atoms with Crippen molar-refractivity contribution in [1.29, 1.82) is 0 Å². The number of hydrogen-bond acceptors (Lipinski definition) is 4. The number of aromatic nitrogens is 5. The first-order valence-corrected chi connectivity index (χ1v) is 4.92. The SMILES string of the molecule is Cc1nccn1-c1ncnc2ncccc12. The van der Waals surface area contributed by atoms with Gasteiger partial charge in [0.25, 0.3) is 0 Å². The quantitative estimate of drug-likeness (QED) is 0.612. The molecule has 0 aliphatic heterocycles. The normalized spacial score (nSPS) is 10.8. The van der Waals surface area contributed by atoms with Gasteiger partial charge in [0.05, 0.1) is 5.39 Å². The molecule has 0 amide bonds. The molecule has 16 heavy (non-hydrogen) atoms. The molecule has 0 bridgehead atoms. The highest BCUT2D eigenvalue weighted by Crippen LogP contribution is 2.16. The van der Waals surface area contributed by atoms with Crippen molar-refractivity contribution in [2.75, 3.05) is 0 Å². The summed E-state index contributed by atoms with van der Waals surface area (Å²) in [5, 5.41) is 0.922. The number of imidazole rings is 1. The predicted molar refractivity (Wildman–Crippen MR) is 59.2 cm³/mol. The van der Waals surface area contributed by atoms with Crippen LogP contribution in [0.25, 0.3) is 16.9 Å². The van der Waals surface area contributed by atoms with E-state index < -0.39 is 0 Å². The van der Waals surface area contributed by atoms with E-state index >= 15 is 0 Å². The number of nitrogens with zero attached hydrogens (tertiary/aromatic N) is 5. The van der Waals surface area contributed by atoms with Gasteiger partial charge in [-0.15, -0.1) is 0 Å². The van der Waals surface area contributed by atoms with E-state index in [1.807, 2.05) is 29.8 Å². The molecule has 3 rings (SSSR count). The smallest absolute Gasteiger partial charge is 0.164 e. The molecule has 3 aromatic rings. The molecule has 3 heterocycles. The third-order valence-electron chi connectivity index (χ3n) is 2.44. The third-order valence-corrected chi connectivity index (χ3v) is 2.44. The van der Waals surface area contributed by atoms with Gasteiger partial charge in [0.15, 0.2) is 11.5 Å². The van der Waals surface area contributed by atoms with Gasteiger partial charge in [0, 0.05) is 18.6 Å². The van der Waals surface area contributed by atoms with Crippen LogP contribution in [0.4, 0.5) is 0 Å². The lowest BCUT2D eigenvalue weighted by atomic mass is 10.3. The predicted octanol–water partition coefficient (Wildman–Crippen LogP) is 1.52. The summed E-state index contributed by atoms with van der Waals surface area (Å²) >= 11 is 0. The van der Waals surface area contributed by atoms with Crippen molar-refractivity contribution in [3.63, 3.8) is 0 Å². The average Bonchev–Trinajstić information content (AvgIpc) is 2.75. The van der Waals surface area contributed by atoms with Crippen molar-refractivity contribution >= 4 is 11.0 Å². The maximum atomic E-state index is 4.28. The van der Waals surface area contributed by atoms with Crippen molar-refractivity contribution in [1.82, 2.24) is 24.5 Å². The van der Waals surface area contributed by atoms with E-state index in [4.69, 9.17) is 0 Å². The summed E-state index contributed by atoms with van der Waals surface area (Å²) in [5.41, 5.74) is 0.695. The molecule has 0 N–H and O–H groups in total. The summed E-state index contributed by atoms with van der Waals surface area (Å²) in [5.74, 6) is 1.71. The first kappa shape index (κ1) is 8.96. The minimum Gasteiger partial charge on any atom is -0.287 e. The summed E-state index contributed by atoms with van der Waals surface area (Å²) in [6, 6.07) is 3.83. The fourth-order valence-corrected chi connectivity index (χ4v) is 1.68. The van der Waals surface area contributed by atoms with Gasteiger partial charge in [0.1, 0.15) is 12.2 Å². The van der Waals surface area contributed by atoms with E-state index in [1.54, 1.807) is 12.4 Å². The Bertz CT molecular complexity index is 638. The minimum atomic E-state index is 0.695. The Morgan fingerprint density at radius 1 is 1.06 bits per heavy atom. The highest BCUT2D eigenvalue weighted by atomic mass is 15.1. The first-order valence-electron chi connectivity index (χ1n) is 4.92. The lowest BCUT2D eigenvalue weighted by Crippen LogP contribution is -2.01. The van der Waals surface area contributed by atoms with Crippen LogP contribution in [0.3, 0.4) is 0 Å². The van der Waals surface area contributed by atoms with Crippen LogP contribution in [0.5, 0.6) is 0 Å². The Hall–Kier alpha value is -2.30. The maximum Gasteiger partial charge on any atom is 0.164 e. The van der Waals surface area contributed by atoms with Crippen LogP contribution in [-0.4, -0.2) is 24.5 Å². The summed E-state index contributed by atoms with van der Waals surface area (Å²) in [6.45, 7) is 1.93. The van der Waals surface area contributed by atoms with Crippen LogP contribution in [-0.2, 0) is 0 Å². The molecule has 0 saturated carbocycles. The molecule has 0 atom stereocenters. The van der Waals surface area contributed by atoms with Gasteiger partial charge in [-0.3, -0.25) is 4.57 Å².